The van der Waals surface area contributed by atoms with Crippen LogP contribution < -0.4 is 0 Å². The Morgan fingerprint density at radius 1 is 0.400 bits per heavy atom. The van der Waals surface area contributed by atoms with Gasteiger partial charge in [0.15, 0.2) is 12.6 Å². The molecule has 2 fully saturated rings. The highest BCUT2D eigenvalue weighted by Crippen LogP contribution is 2.29. The molecule has 2 heterocycles. The van der Waals surface area contributed by atoms with Crippen molar-refractivity contribution in [1.29, 1.82) is 0 Å². The molecule has 2 saturated heterocycles. The molecule has 0 radical (unpaired) electrons. The predicted octanol–water partition coefficient (Wildman–Crippen LogP) is -0.115. The van der Waals surface area contributed by atoms with Crippen molar-refractivity contribution in [3.63, 3.8) is 0 Å². The molecule has 40 heavy (non-hydrogen) atoms. The van der Waals surface area contributed by atoms with E-state index in [2.05, 4.69) is 0 Å². The van der Waals surface area contributed by atoms with Gasteiger partial charge in [0.05, 0.1) is 52.9 Å². The molecule has 0 saturated carbocycles. The highest BCUT2D eigenvalue weighted by molar-refractivity contribution is 4.93. The van der Waals surface area contributed by atoms with Gasteiger partial charge in [0, 0.05) is 56.9 Å². The van der Waals surface area contributed by atoms with E-state index in [4.69, 9.17) is 66.3 Å². The number of rotatable bonds is 21. The molecule has 0 aromatic heterocycles. The van der Waals surface area contributed by atoms with Crippen LogP contribution in [0.25, 0.3) is 0 Å². The first-order valence-electron chi connectivity index (χ1n) is 13.4. The molecule has 10 atom stereocenters. The Balaban J connectivity index is 1.65. The lowest BCUT2D eigenvalue weighted by molar-refractivity contribution is -0.315. The minimum Gasteiger partial charge on any atom is -0.382 e. The number of ether oxygens (including phenoxy) is 14. The van der Waals surface area contributed by atoms with E-state index in [9.17, 15) is 0 Å². The molecule has 2 aliphatic rings. The van der Waals surface area contributed by atoms with Crippen molar-refractivity contribution in [2.24, 2.45) is 0 Å². The van der Waals surface area contributed by atoms with Gasteiger partial charge in [0.2, 0.25) is 0 Å². The van der Waals surface area contributed by atoms with Crippen molar-refractivity contribution in [2.75, 3.05) is 110 Å². The topological polar surface area (TPSA) is 129 Å². The summed E-state index contributed by atoms with van der Waals surface area (Å²) in [5, 5.41) is 0. The molecule has 0 bridgehead atoms. The zero-order valence-electron chi connectivity index (χ0n) is 25.1. The van der Waals surface area contributed by atoms with Gasteiger partial charge in [-0.05, 0) is 0 Å². The molecule has 2 rings (SSSR count). The van der Waals surface area contributed by atoms with E-state index in [1.165, 1.54) is 0 Å². The van der Waals surface area contributed by atoms with Crippen LogP contribution >= 0.6 is 0 Å². The monoisotopic (exact) mass is 586 g/mol. The average Bonchev–Trinajstić information content (AvgIpc) is 2.97. The maximum absolute atomic E-state index is 6.04. The maximum atomic E-state index is 6.04. The Labute approximate surface area is 237 Å². The van der Waals surface area contributed by atoms with Crippen LogP contribution in [0.15, 0.2) is 0 Å². The van der Waals surface area contributed by atoms with E-state index in [0.717, 1.165) is 0 Å². The molecule has 0 spiro atoms. The average molecular weight is 587 g/mol. The fourth-order valence-corrected chi connectivity index (χ4v) is 4.99. The van der Waals surface area contributed by atoms with Gasteiger partial charge in [-0.25, -0.2) is 0 Å². The lowest BCUT2D eigenvalue weighted by Gasteiger charge is -2.44. The van der Waals surface area contributed by atoms with Gasteiger partial charge in [0.1, 0.15) is 48.8 Å². The first-order chi connectivity index (χ1) is 19.5. The summed E-state index contributed by atoms with van der Waals surface area (Å²) in [6.45, 7) is 2.73. The predicted molar refractivity (Wildman–Crippen MR) is 139 cm³/mol. The third-order valence-corrected chi connectivity index (χ3v) is 6.87. The summed E-state index contributed by atoms with van der Waals surface area (Å²) >= 11 is 0. The zero-order chi connectivity index (χ0) is 29.3. The molecule has 0 aromatic rings. The molecule has 0 N–H and O–H groups in total. The van der Waals surface area contributed by atoms with Gasteiger partial charge < -0.3 is 66.3 Å². The number of hydrogen-bond acceptors (Lipinski definition) is 14. The van der Waals surface area contributed by atoms with Gasteiger partial charge in [-0.15, -0.1) is 0 Å². The Morgan fingerprint density at radius 2 is 0.725 bits per heavy atom. The van der Waals surface area contributed by atoms with Gasteiger partial charge in [-0.1, -0.05) is 0 Å². The van der Waals surface area contributed by atoms with E-state index in [-0.39, 0.29) is 36.6 Å². The molecule has 238 valence electrons. The second kappa shape index (κ2) is 20.4. The van der Waals surface area contributed by atoms with Crippen LogP contribution in [0.2, 0.25) is 0 Å². The molecular formula is C26H50O14. The van der Waals surface area contributed by atoms with E-state index >= 15 is 0 Å². The Bertz CT molecular complexity index is 578. The molecule has 0 unspecified atom stereocenters. The molecule has 14 heteroatoms. The quantitative estimate of drug-likeness (QED) is 0.166. The Hall–Kier alpha value is -0.560. The molecule has 14 nitrogen and oxygen atoms in total. The molecule has 2 aliphatic heterocycles. The van der Waals surface area contributed by atoms with E-state index in [1.807, 2.05) is 0 Å². The Morgan fingerprint density at radius 3 is 1.02 bits per heavy atom. The normalized spacial score (nSPS) is 34.8. The van der Waals surface area contributed by atoms with E-state index in [0.29, 0.717) is 52.9 Å². The third kappa shape index (κ3) is 10.0. The van der Waals surface area contributed by atoms with E-state index in [1.54, 1.807) is 56.9 Å². The summed E-state index contributed by atoms with van der Waals surface area (Å²) in [4.78, 5) is 0. The number of methoxy groups -OCH3 is 8. The first kappa shape index (κ1) is 35.6. The van der Waals surface area contributed by atoms with E-state index < -0.39 is 24.8 Å². The molecular weight excluding hydrogens is 536 g/mol. The largest absolute Gasteiger partial charge is 0.382 e. The minimum atomic E-state index is -0.656. The van der Waals surface area contributed by atoms with Crippen molar-refractivity contribution < 1.29 is 66.3 Å². The van der Waals surface area contributed by atoms with Crippen molar-refractivity contribution in [3.05, 3.63) is 0 Å². The molecule has 0 aliphatic carbocycles. The zero-order valence-corrected chi connectivity index (χ0v) is 25.1. The van der Waals surface area contributed by atoms with Gasteiger partial charge in [-0.2, -0.15) is 0 Å². The summed E-state index contributed by atoms with van der Waals surface area (Å²) in [5.41, 5.74) is 0. The number of hydrogen-bond donors (Lipinski definition) is 0. The van der Waals surface area contributed by atoms with Crippen LogP contribution in [-0.2, 0) is 66.3 Å². The lowest BCUT2D eigenvalue weighted by Crippen LogP contribution is -2.61. The SMILES string of the molecule is COC[C@H]1O[C@@H](OCCOCCOCCO[C@@H]2O[C@H](COC)[C@H](OC)[C@H](OC)[C@H]2OC)[C@H](OC)[C@@H](OC)[C@H]1OC. The van der Waals surface area contributed by atoms with Crippen LogP contribution in [0.3, 0.4) is 0 Å². The summed E-state index contributed by atoms with van der Waals surface area (Å²) in [6, 6.07) is 0. The highest BCUT2D eigenvalue weighted by atomic mass is 16.7. The van der Waals surface area contributed by atoms with Crippen LogP contribution in [0.1, 0.15) is 0 Å². The van der Waals surface area contributed by atoms with Crippen LogP contribution in [0.4, 0.5) is 0 Å². The molecule has 0 aromatic carbocycles. The summed E-state index contributed by atoms with van der Waals surface area (Å²) in [7, 11) is 12.8. The smallest absolute Gasteiger partial charge is 0.187 e. The second-order valence-corrected chi connectivity index (χ2v) is 9.16. The van der Waals surface area contributed by atoms with Crippen LogP contribution in [0.5, 0.6) is 0 Å². The summed E-state index contributed by atoms with van der Waals surface area (Å²) < 4.78 is 79.3. The van der Waals surface area contributed by atoms with Crippen LogP contribution in [0, 0.1) is 0 Å². The van der Waals surface area contributed by atoms with Crippen LogP contribution in [-0.4, -0.2) is 171 Å². The standard InChI is InChI=1S/C26H50O14/c1-27-15-17-19(29-3)21(31-5)23(33-7)25(39-17)37-13-11-35-9-10-36-12-14-38-26-24(34-8)22(32-6)20(30-4)18(40-26)16-28-2/h17-26H,9-16H2,1-8H3/t17-,18-,19+,20+,21+,22+,23-,24-,25-,26-/m1/s1. The van der Waals surface area contributed by atoms with Gasteiger partial charge in [0.25, 0.3) is 0 Å². The summed E-state index contributed by atoms with van der Waals surface area (Å²) in [5.74, 6) is 0. The van der Waals surface area contributed by atoms with Crippen molar-refractivity contribution in [3.8, 4) is 0 Å². The molecule has 0 amide bonds. The Kier molecular flexibility index (Phi) is 18.1. The van der Waals surface area contributed by atoms with Gasteiger partial charge >= 0.3 is 0 Å². The minimum absolute atomic E-state index is 0.296. The lowest BCUT2D eigenvalue weighted by atomic mass is 9.98. The van der Waals surface area contributed by atoms with Crippen molar-refractivity contribution >= 4 is 0 Å². The third-order valence-electron chi connectivity index (χ3n) is 6.87. The van der Waals surface area contributed by atoms with Crippen molar-refractivity contribution in [2.45, 2.75) is 61.4 Å². The first-order valence-corrected chi connectivity index (χ1v) is 13.4. The summed E-state index contributed by atoms with van der Waals surface area (Å²) in [6.07, 6.45) is -4.44. The highest BCUT2D eigenvalue weighted by Gasteiger charge is 2.48. The van der Waals surface area contributed by atoms with Crippen molar-refractivity contribution in [1.82, 2.24) is 0 Å². The fourth-order valence-electron chi connectivity index (χ4n) is 4.99. The van der Waals surface area contributed by atoms with Gasteiger partial charge in [-0.3, -0.25) is 0 Å². The maximum Gasteiger partial charge on any atom is 0.187 e. The second-order valence-electron chi connectivity index (χ2n) is 9.16. The fraction of sp³-hybridized carbons (Fsp3) is 1.00.